The number of benzene rings is 2. The molecule has 0 aliphatic carbocycles. The molecule has 0 aliphatic rings. The van der Waals surface area contributed by atoms with Gasteiger partial charge in [0.2, 0.25) is 5.91 Å². The highest BCUT2D eigenvalue weighted by atomic mass is 32.2. The van der Waals surface area contributed by atoms with E-state index in [2.05, 4.69) is 15.6 Å². The summed E-state index contributed by atoms with van der Waals surface area (Å²) in [4.78, 5) is 27.8. The summed E-state index contributed by atoms with van der Waals surface area (Å²) in [6, 6.07) is 12.2. The lowest BCUT2D eigenvalue weighted by Crippen LogP contribution is -2.40. The lowest BCUT2D eigenvalue weighted by molar-refractivity contribution is -0.137. The van der Waals surface area contributed by atoms with Gasteiger partial charge in [0, 0.05) is 6.54 Å². The molecule has 0 bridgehead atoms. The third kappa shape index (κ3) is 5.32. The number of nitrogens with zero attached hydrogens (tertiary/aromatic N) is 2. The van der Waals surface area contributed by atoms with Crippen LogP contribution < -0.4 is 10.6 Å². The standard InChI is InChI=1S/C20H19F3N4O2S/c1-2-24-18(29)26-17(28)12-30-19-25-15-10-14(20(21,22)23)8-9-16(15)27(19)11-13-6-4-3-5-7-13/h3-10H,2,11-12H2,1H3,(H2,24,26,28,29). The maximum atomic E-state index is 13.1. The molecule has 3 amide bonds. The van der Waals surface area contributed by atoms with E-state index in [9.17, 15) is 22.8 Å². The highest BCUT2D eigenvalue weighted by Gasteiger charge is 2.31. The second kappa shape index (κ2) is 9.21. The Kier molecular flexibility index (Phi) is 6.66. The zero-order chi connectivity index (χ0) is 21.7. The van der Waals surface area contributed by atoms with Gasteiger partial charge in [0.25, 0.3) is 0 Å². The number of carbonyl (C=O) groups excluding carboxylic acids is 2. The third-order valence-electron chi connectivity index (χ3n) is 4.15. The molecule has 3 rings (SSSR count). The molecule has 1 aromatic heterocycles. The van der Waals surface area contributed by atoms with E-state index < -0.39 is 23.7 Å². The number of imidazole rings is 1. The summed E-state index contributed by atoms with van der Waals surface area (Å²) in [6.45, 7) is 2.48. The van der Waals surface area contributed by atoms with Crippen molar-refractivity contribution in [2.75, 3.05) is 12.3 Å². The minimum absolute atomic E-state index is 0.110. The van der Waals surface area contributed by atoms with Gasteiger partial charge in [-0.2, -0.15) is 13.2 Å². The monoisotopic (exact) mass is 436 g/mol. The van der Waals surface area contributed by atoms with Crippen LogP contribution in [0.25, 0.3) is 11.0 Å². The average molecular weight is 436 g/mol. The van der Waals surface area contributed by atoms with Crippen molar-refractivity contribution in [1.82, 2.24) is 20.2 Å². The summed E-state index contributed by atoms with van der Waals surface area (Å²) in [5, 5.41) is 5.03. The fraction of sp³-hybridized carbons (Fsp3) is 0.250. The van der Waals surface area contributed by atoms with E-state index in [4.69, 9.17) is 0 Å². The van der Waals surface area contributed by atoms with E-state index >= 15 is 0 Å². The summed E-state index contributed by atoms with van der Waals surface area (Å²) in [6.07, 6.45) is -4.47. The Bertz CT molecular complexity index is 1050. The third-order valence-corrected chi connectivity index (χ3v) is 5.12. The Morgan fingerprint density at radius 1 is 1.13 bits per heavy atom. The van der Waals surface area contributed by atoms with Crippen LogP contribution in [0.15, 0.2) is 53.7 Å². The van der Waals surface area contributed by atoms with Crippen molar-refractivity contribution in [2.24, 2.45) is 0 Å². The first-order valence-electron chi connectivity index (χ1n) is 9.10. The van der Waals surface area contributed by atoms with Crippen LogP contribution in [0.4, 0.5) is 18.0 Å². The van der Waals surface area contributed by atoms with Gasteiger partial charge in [0.15, 0.2) is 5.16 Å². The molecule has 6 nitrogen and oxygen atoms in total. The molecule has 1 heterocycles. The quantitative estimate of drug-likeness (QED) is 0.572. The lowest BCUT2D eigenvalue weighted by Gasteiger charge is -2.10. The van der Waals surface area contributed by atoms with E-state index in [0.717, 1.165) is 29.5 Å². The molecule has 0 fully saturated rings. The molecule has 0 unspecified atom stereocenters. The van der Waals surface area contributed by atoms with Crippen LogP contribution in [0.5, 0.6) is 0 Å². The Labute approximate surface area is 174 Å². The molecular weight excluding hydrogens is 417 g/mol. The van der Waals surface area contributed by atoms with Gasteiger partial charge in [-0.3, -0.25) is 10.1 Å². The van der Waals surface area contributed by atoms with Gasteiger partial charge in [-0.1, -0.05) is 42.1 Å². The molecule has 0 atom stereocenters. The molecule has 0 spiro atoms. The first-order chi connectivity index (χ1) is 14.3. The number of imide groups is 1. The molecule has 30 heavy (non-hydrogen) atoms. The first kappa shape index (κ1) is 21.7. The van der Waals surface area contributed by atoms with Crippen molar-refractivity contribution in [3.63, 3.8) is 0 Å². The van der Waals surface area contributed by atoms with Crippen molar-refractivity contribution < 1.29 is 22.8 Å². The van der Waals surface area contributed by atoms with Crippen molar-refractivity contribution >= 4 is 34.7 Å². The van der Waals surface area contributed by atoms with Gasteiger partial charge in [-0.15, -0.1) is 0 Å². The number of rotatable bonds is 6. The fourth-order valence-corrected chi connectivity index (χ4v) is 3.62. The van der Waals surface area contributed by atoms with Crippen molar-refractivity contribution in [3.8, 4) is 0 Å². The van der Waals surface area contributed by atoms with Gasteiger partial charge in [0.05, 0.1) is 28.9 Å². The molecular formula is C20H19F3N4O2S. The van der Waals surface area contributed by atoms with Crippen LogP contribution in [-0.4, -0.2) is 33.8 Å². The number of hydrogen-bond donors (Lipinski definition) is 2. The Hall–Kier alpha value is -3.01. The van der Waals surface area contributed by atoms with Crippen molar-refractivity contribution in [2.45, 2.75) is 24.8 Å². The normalized spacial score (nSPS) is 11.5. The van der Waals surface area contributed by atoms with Crippen molar-refractivity contribution in [3.05, 3.63) is 59.7 Å². The predicted octanol–water partition coefficient (Wildman–Crippen LogP) is 4.04. The Balaban J connectivity index is 1.89. The molecule has 0 radical (unpaired) electrons. The topological polar surface area (TPSA) is 76.0 Å². The lowest BCUT2D eigenvalue weighted by atomic mass is 10.2. The number of thioether (sulfide) groups is 1. The molecule has 0 saturated heterocycles. The number of nitrogens with one attached hydrogen (secondary N) is 2. The minimum atomic E-state index is -4.47. The molecule has 10 heteroatoms. The largest absolute Gasteiger partial charge is 0.416 e. The van der Waals surface area contributed by atoms with E-state index in [1.54, 1.807) is 11.5 Å². The number of carbonyl (C=O) groups is 2. The van der Waals surface area contributed by atoms with Gasteiger partial charge >= 0.3 is 12.2 Å². The van der Waals surface area contributed by atoms with Gasteiger partial charge < -0.3 is 9.88 Å². The highest BCUT2D eigenvalue weighted by molar-refractivity contribution is 7.99. The van der Waals surface area contributed by atoms with Crippen LogP contribution >= 0.6 is 11.8 Å². The fourth-order valence-electron chi connectivity index (χ4n) is 2.81. The number of halogens is 3. The van der Waals surface area contributed by atoms with E-state index in [0.29, 0.717) is 23.8 Å². The number of aromatic nitrogens is 2. The maximum Gasteiger partial charge on any atom is 0.416 e. The van der Waals surface area contributed by atoms with Crippen LogP contribution in [0.1, 0.15) is 18.1 Å². The molecule has 3 aromatic rings. The smallest absolute Gasteiger partial charge is 0.338 e. The van der Waals surface area contributed by atoms with Crippen LogP contribution in [-0.2, 0) is 17.5 Å². The van der Waals surface area contributed by atoms with Gasteiger partial charge in [0.1, 0.15) is 0 Å². The Morgan fingerprint density at radius 2 is 1.87 bits per heavy atom. The van der Waals surface area contributed by atoms with Gasteiger partial charge in [-0.05, 0) is 30.7 Å². The molecule has 158 valence electrons. The van der Waals surface area contributed by atoms with Crippen LogP contribution in [0, 0.1) is 0 Å². The highest BCUT2D eigenvalue weighted by Crippen LogP contribution is 2.33. The number of hydrogen-bond acceptors (Lipinski definition) is 4. The molecule has 2 N–H and O–H groups in total. The number of urea groups is 1. The summed E-state index contributed by atoms with van der Waals surface area (Å²) < 4.78 is 41.0. The Morgan fingerprint density at radius 3 is 2.53 bits per heavy atom. The minimum Gasteiger partial charge on any atom is -0.338 e. The molecule has 0 aliphatic heterocycles. The summed E-state index contributed by atoms with van der Waals surface area (Å²) >= 11 is 1.05. The average Bonchev–Trinajstić information content (AvgIpc) is 3.03. The van der Waals surface area contributed by atoms with Crippen LogP contribution in [0.2, 0.25) is 0 Å². The number of alkyl halides is 3. The van der Waals surface area contributed by atoms with Crippen LogP contribution in [0.3, 0.4) is 0 Å². The second-order valence-electron chi connectivity index (χ2n) is 6.36. The zero-order valence-electron chi connectivity index (χ0n) is 16.0. The zero-order valence-corrected chi connectivity index (χ0v) is 16.8. The van der Waals surface area contributed by atoms with E-state index in [1.165, 1.54) is 6.07 Å². The first-order valence-corrected chi connectivity index (χ1v) is 10.1. The summed E-state index contributed by atoms with van der Waals surface area (Å²) in [7, 11) is 0. The summed E-state index contributed by atoms with van der Waals surface area (Å²) in [5.74, 6) is -0.637. The number of fused-ring (bicyclic) bond motifs is 1. The predicted molar refractivity (Wildman–Crippen MR) is 108 cm³/mol. The molecule has 2 aromatic carbocycles. The SMILES string of the molecule is CCNC(=O)NC(=O)CSc1nc2cc(C(F)(F)F)ccc2n1Cc1ccccc1. The van der Waals surface area contributed by atoms with Crippen molar-refractivity contribution in [1.29, 1.82) is 0 Å². The second-order valence-corrected chi connectivity index (χ2v) is 7.31. The van der Waals surface area contributed by atoms with Gasteiger partial charge in [-0.25, -0.2) is 9.78 Å². The molecule has 0 saturated carbocycles. The maximum absolute atomic E-state index is 13.1. The van der Waals surface area contributed by atoms with E-state index in [1.807, 2.05) is 30.3 Å². The number of amides is 3. The summed E-state index contributed by atoms with van der Waals surface area (Å²) in [5.41, 5.74) is 0.862. The van der Waals surface area contributed by atoms with E-state index in [-0.39, 0.29) is 11.3 Å².